The fourth-order valence-electron chi connectivity index (χ4n) is 2.78. The van der Waals surface area contributed by atoms with Gasteiger partial charge >= 0.3 is 0 Å². The van der Waals surface area contributed by atoms with Crippen LogP contribution in [0.1, 0.15) is 5.56 Å². The van der Waals surface area contributed by atoms with Crippen molar-refractivity contribution < 1.29 is 17.6 Å². The number of sulfonamides is 1. The molecule has 0 aromatic heterocycles. The van der Waals surface area contributed by atoms with Crippen LogP contribution in [0.15, 0.2) is 77.7 Å². The van der Waals surface area contributed by atoms with Gasteiger partial charge < -0.3 is 5.32 Å². The van der Waals surface area contributed by atoms with E-state index in [1.54, 1.807) is 43.3 Å². The van der Waals surface area contributed by atoms with E-state index in [0.717, 1.165) is 10.4 Å². The predicted octanol–water partition coefficient (Wildman–Crippen LogP) is 4.62. The van der Waals surface area contributed by atoms with Gasteiger partial charge in [-0.2, -0.15) is 0 Å². The summed E-state index contributed by atoms with van der Waals surface area (Å²) < 4.78 is 40.9. The molecule has 1 N–H and O–H groups in total. The average Bonchev–Trinajstić information content (AvgIpc) is 2.69. The van der Waals surface area contributed by atoms with Crippen molar-refractivity contribution in [2.45, 2.75) is 11.8 Å². The number of anilines is 2. The average molecular weight is 433 g/mol. The number of benzene rings is 3. The Labute approximate surface area is 173 Å². The van der Waals surface area contributed by atoms with Crippen molar-refractivity contribution in [1.29, 1.82) is 0 Å². The van der Waals surface area contributed by atoms with Crippen LogP contribution in [-0.2, 0) is 14.8 Å². The molecule has 0 fully saturated rings. The van der Waals surface area contributed by atoms with Crippen molar-refractivity contribution in [2.24, 2.45) is 0 Å². The molecule has 8 heteroatoms. The van der Waals surface area contributed by atoms with Crippen LogP contribution < -0.4 is 9.62 Å². The second-order valence-electron chi connectivity index (χ2n) is 6.27. The minimum absolute atomic E-state index is 0.0398. The number of halogens is 2. The molecule has 0 unspecified atom stereocenters. The van der Waals surface area contributed by atoms with Crippen LogP contribution in [0.5, 0.6) is 0 Å². The van der Waals surface area contributed by atoms with Crippen LogP contribution in [0.25, 0.3) is 0 Å². The topological polar surface area (TPSA) is 66.5 Å². The van der Waals surface area contributed by atoms with Gasteiger partial charge in [0.05, 0.1) is 10.6 Å². The zero-order valence-corrected chi connectivity index (χ0v) is 17.0. The van der Waals surface area contributed by atoms with Crippen LogP contribution in [0.2, 0.25) is 5.02 Å². The molecule has 0 aliphatic carbocycles. The maximum atomic E-state index is 13.4. The Morgan fingerprint density at radius 3 is 2.41 bits per heavy atom. The highest BCUT2D eigenvalue weighted by atomic mass is 35.5. The highest BCUT2D eigenvalue weighted by Gasteiger charge is 2.28. The number of carbonyl (C=O) groups is 1. The second kappa shape index (κ2) is 8.63. The number of nitrogens with one attached hydrogen (secondary N) is 1. The molecule has 0 heterocycles. The van der Waals surface area contributed by atoms with Gasteiger partial charge in [0.1, 0.15) is 12.4 Å². The number of amides is 1. The standard InChI is InChI=1S/C21H18ClFN2O3S/c1-15-19(22)11-6-12-20(15)25(29(27,28)18-9-3-2-4-10-18)14-21(26)24-17-8-5-7-16(23)13-17/h2-13H,14H2,1H3,(H,24,26). The van der Waals surface area contributed by atoms with Crippen molar-refractivity contribution >= 4 is 38.9 Å². The maximum Gasteiger partial charge on any atom is 0.264 e. The van der Waals surface area contributed by atoms with Gasteiger partial charge in [0.25, 0.3) is 10.0 Å². The highest BCUT2D eigenvalue weighted by Crippen LogP contribution is 2.30. The Kier molecular flexibility index (Phi) is 6.20. The number of carbonyl (C=O) groups excluding carboxylic acids is 1. The summed E-state index contributed by atoms with van der Waals surface area (Å²) in [7, 11) is -4.05. The molecule has 0 atom stereocenters. The van der Waals surface area contributed by atoms with E-state index in [-0.39, 0.29) is 16.3 Å². The molecule has 0 saturated heterocycles. The van der Waals surface area contributed by atoms with Gasteiger partial charge in [-0.3, -0.25) is 9.10 Å². The molecular formula is C21H18ClFN2O3S. The summed E-state index contributed by atoms with van der Waals surface area (Å²) in [5.41, 5.74) is 1.04. The molecule has 0 aliphatic rings. The van der Waals surface area contributed by atoms with E-state index < -0.39 is 28.3 Å². The van der Waals surface area contributed by atoms with Crippen molar-refractivity contribution in [2.75, 3.05) is 16.2 Å². The summed E-state index contributed by atoms with van der Waals surface area (Å²) in [4.78, 5) is 12.6. The second-order valence-corrected chi connectivity index (χ2v) is 8.54. The van der Waals surface area contributed by atoms with Gasteiger partial charge in [-0.25, -0.2) is 12.8 Å². The van der Waals surface area contributed by atoms with Gasteiger partial charge in [0.2, 0.25) is 5.91 Å². The van der Waals surface area contributed by atoms with Crippen molar-refractivity contribution in [3.63, 3.8) is 0 Å². The normalized spacial score (nSPS) is 11.1. The first kappa shape index (κ1) is 20.8. The molecule has 29 heavy (non-hydrogen) atoms. The lowest BCUT2D eigenvalue weighted by atomic mass is 10.2. The summed E-state index contributed by atoms with van der Waals surface area (Å²) in [5.74, 6) is -1.13. The Morgan fingerprint density at radius 1 is 1.03 bits per heavy atom. The summed E-state index contributed by atoms with van der Waals surface area (Å²) in [6, 6.07) is 18.0. The summed E-state index contributed by atoms with van der Waals surface area (Å²) in [5, 5.41) is 2.90. The third-order valence-electron chi connectivity index (χ3n) is 4.23. The monoisotopic (exact) mass is 432 g/mol. The molecule has 3 rings (SSSR count). The first-order chi connectivity index (χ1) is 13.8. The molecule has 5 nitrogen and oxygen atoms in total. The van der Waals surface area contributed by atoms with Crippen LogP contribution >= 0.6 is 11.6 Å². The van der Waals surface area contributed by atoms with Gasteiger partial charge in [0.15, 0.2) is 0 Å². The Hall–Kier alpha value is -2.90. The van der Waals surface area contributed by atoms with Crippen LogP contribution in [0.3, 0.4) is 0 Å². The molecule has 0 saturated carbocycles. The highest BCUT2D eigenvalue weighted by molar-refractivity contribution is 7.92. The minimum Gasteiger partial charge on any atom is -0.324 e. The summed E-state index contributed by atoms with van der Waals surface area (Å²) >= 11 is 6.17. The van der Waals surface area contributed by atoms with E-state index in [9.17, 15) is 17.6 Å². The van der Waals surface area contributed by atoms with Gasteiger partial charge in [0, 0.05) is 10.7 Å². The van der Waals surface area contributed by atoms with E-state index in [1.807, 2.05) is 0 Å². The maximum absolute atomic E-state index is 13.4. The molecule has 3 aromatic carbocycles. The molecule has 0 radical (unpaired) electrons. The molecule has 150 valence electrons. The van der Waals surface area contributed by atoms with E-state index >= 15 is 0 Å². The Morgan fingerprint density at radius 2 is 1.72 bits per heavy atom. The van der Waals surface area contributed by atoms with Gasteiger partial charge in [-0.05, 0) is 55.0 Å². The predicted molar refractivity (Wildman–Crippen MR) is 112 cm³/mol. The fourth-order valence-corrected chi connectivity index (χ4v) is 4.45. The third-order valence-corrected chi connectivity index (χ3v) is 6.42. The van der Waals surface area contributed by atoms with Crippen LogP contribution in [0.4, 0.5) is 15.8 Å². The van der Waals surface area contributed by atoms with E-state index in [4.69, 9.17) is 11.6 Å². The smallest absolute Gasteiger partial charge is 0.264 e. The molecule has 0 spiro atoms. The molecule has 1 amide bonds. The minimum atomic E-state index is -4.05. The molecule has 0 aliphatic heterocycles. The van der Waals surface area contributed by atoms with Crippen molar-refractivity contribution in [3.05, 3.63) is 89.2 Å². The first-order valence-corrected chi connectivity index (χ1v) is 10.5. The summed E-state index contributed by atoms with van der Waals surface area (Å²) in [6.07, 6.45) is 0. The lowest BCUT2D eigenvalue weighted by Crippen LogP contribution is -2.38. The Bertz CT molecular complexity index is 1140. The number of hydrogen-bond acceptors (Lipinski definition) is 3. The quantitative estimate of drug-likeness (QED) is 0.618. The Balaban J connectivity index is 1.99. The largest absolute Gasteiger partial charge is 0.324 e. The number of nitrogens with zero attached hydrogens (tertiary/aromatic N) is 1. The fraction of sp³-hybridized carbons (Fsp3) is 0.0952. The van der Waals surface area contributed by atoms with E-state index in [1.165, 1.54) is 30.3 Å². The van der Waals surface area contributed by atoms with E-state index in [0.29, 0.717) is 10.6 Å². The first-order valence-electron chi connectivity index (χ1n) is 8.67. The SMILES string of the molecule is Cc1c(Cl)cccc1N(CC(=O)Nc1cccc(F)c1)S(=O)(=O)c1ccccc1. The third kappa shape index (κ3) is 4.75. The lowest BCUT2D eigenvalue weighted by Gasteiger charge is -2.26. The van der Waals surface area contributed by atoms with Crippen molar-refractivity contribution in [3.8, 4) is 0 Å². The molecule has 3 aromatic rings. The zero-order chi connectivity index (χ0) is 21.0. The molecule has 0 bridgehead atoms. The zero-order valence-electron chi connectivity index (χ0n) is 15.5. The molecular weight excluding hydrogens is 415 g/mol. The van der Waals surface area contributed by atoms with E-state index in [2.05, 4.69) is 5.32 Å². The lowest BCUT2D eigenvalue weighted by molar-refractivity contribution is -0.114. The summed E-state index contributed by atoms with van der Waals surface area (Å²) in [6.45, 7) is 1.17. The van der Waals surface area contributed by atoms with Crippen molar-refractivity contribution in [1.82, 2.24) is 0 Å². The number of rotatable bonds is 6. The number of hydrogen-bond donors (Lipinski definition) is 1. The van der Waals surface area contributed by atoms with Crippen LogP contribution in [-0.4, -0.2) is 20.9 Å². The van der Waals surface area contributed by atoms with Gasteiger partial charge in [-0.15, -0.1) is 0 Å². The van der Waals surface area contributed by atoms with Crippen LogP contribution in [0, 0.1) is 12.7 Å². The van der Waals surface area contributed by atoms with Gasteiger partial charge in [-0.1, -0.05) is 41.9 Å².